The molecule has 2 aromatic rings. The third-order valence-corrected chi connectivity index (χ3v) is 2.46. The van der Waals surface area contributed by atoms with Gasteiger partial charge in [0.15, 0.2) is 0 Å². The first-order valence-electron chi connectivity index (χ1n) is 5.91. The summed E-state index contributed by atoms with van der Waals surface area (Å²) in [4.78, 5) is 16.1. The second-order valence-electron chi connectivity index (χ2n) is 3.86. The van der Waals surface area contributed by atoms with Crippen molar-refractivity contribution < 1.29 is 9.18 Å². The highest BCUT2D eigenvalue weighted by Gasteiger charge is 2.11. The average molecular weight is 269 g/mol. The number of rotatable bonds is 2. The van der Waals surface area contributed by atoms with Crippen molar-refractivity contribution in [3.8, 4) is 11.8 Å². The van der Waals surface area contributed by atoms with Gasteiger partial charge in [0.2, 0.25) is 0 Å². The summed E-state index contributed by atoms with van der Waals surface area (Å²) in [6, 6.07) is 8.95. The lowest BCUT2D eigenvalue weighted by Crippen LogP contribution is -2.14. The van der Waals surface area contributed by atoms with E-state index in [2.05, 4.69) is 22.1 Å². The van der Waals surface area contributed by atoms with E-state index < -0.39 is 11.7 Å². The molecule has 0 aliphatic carbocycles. The summed E-state index contributed by atoms with van der Waals surface area (Å²) in [7, 11) is 0. The van der Waals surface area contributed by atoms with Gasteiger partial charge >= 0.3 is 0 Å². The molecule has 0 bridgehead atoms. The van der Waals surface area contributed by atoms with Crippen molar-refractivity contribution in [2.24, 2.45) is 5.73 Å². The van der Waals surface area contributed by atoms with Crippen LogP contribution < -0.4 is 11.1 Å². The van der Waals surface area contributed by atoms with Crippen LogP contribution in [0.1, 0.15) is 15.9 Å². The van der Waals surface area contributed by atoms with Crippen LogP contribution in [0, 0.1) is 17.7 Å². The second-order valence-corrected chi connectivity index (χ2v) is 3.86. The summed E-state index contributed by atoms with van der Waals surface area (Å²) in [5.41, 5.74) is 5.86. The molecule has 1 heterocycles. The van der Waals surface area contributed by atoms with Gasteiger partial charge in [-0.1, -0.05) is 17.9 Å². The van der Waals surface area contributed by atoms with Gasteiger partial charge in [0, 0.05) is 11.8 Å². The summed E-state index contributed by atoms with van der Waals surface area (Å²) in [6.07, 6.45) is 1.56. The standard InChI is InChI=1S/C15H12FN3O/c16-12-6-7-13(11(10-12)4-3-8-17)15(20)19-14-5-1-2-9-18-14/h1-2,5-7,9-10H,8,17H2,(H,18,19,20). The molecule has 0 fully saturated rings. The van der Waals surface area contributed by atoms with E-state index in [0.29, 0.717) is 11.4 Å². The molecular formula is C15H12FN3O. The smallest absolute Gasteiger partial charge is 0.258 e. The highest BCUT2D eigenvalue weighted by molar-refractivity contribution is 6.05. The molecule has 0 radical (unpaired) electrons. The fourth-order valence-electron chi connectivity index (χ4n) is 1.58. The summed E-state index contributed by atoms with van der Waals surface area (Å²) in [5, 5.41) is 2.62. The number of nitrogens with two attached hydrogens (primary N) is 1. The van der Waals surface area contributed by atoms with Gasteiger partial charge in [0.1, 0.15) is 11.6 Å². The zero-order valence-corrected chi connectivity index (χ0v) is 10.6. The molecule has 0 unspecified atom stereocenters. The number of hydrogen-bond donors (Lipinski definition) is 2. The van der Waals surface area contributed by atoms with Gasteiger partial charge in [-0.3, -0.25) is 4.79 Å². The summed E-state index contributed by atoms with van der Waals surface area (Å²) < 4.78 is 13.2. The predicted molar refractivity (Wildman–Crippen MR) is 74.5 cm³/mol. The third kappa shape index (κ3) is 3.40. The second kappa shape index (κ2) is 6.45. The van der Waals surface area contributed by atoms with Crippen molar-refractivity contribution in [3.63, 3.8) is 0 Å². The van der Waals surface area contributed by atoms with E-state index in [-0.39, 0.29) is 12.1 Å². The van der Waals surface area contributed by atoms with Gasteiger partial charge in [-0.25, -0.2) is 9.37 Å². The van der Waals surface area contributed by atoms with E-state index in [0.717, 1.165) is 0 Å². The van der Waals surface area contributed by atoms with E-state index in [9.17, 15) is 9.18 Å². The van der Waals surface area contributed by atoms with Gasteiger partial charge in [-0.2, -0.15) is 0 Å². The topological polar surface area (TPSA) is 68.0 Å². The Labute approximate surface area is 115 Å². The van der Waals surface area contributed by atoms with Crippen LogP contribution >= 0.6 is 0 Å². The fourth-order valence-corrected chi connectivity index (χ4v) is 1.58. The Morgan fingerprint density at radius 3 is 2.90 bits per heavy atom. The predicted octanol–water partition coefficient (Wildman–Crippen LogP) is 1.78. The van der Waals surface area contributed by atoms with Gasteiger partial charge in [0.25, 0.3) is 5.91 Å². The number of carbonyl (C=O) groups excluding carboxylic acids is 1. The highest BCUT2D eigenvalue weighted by Crippen LogP contribution is 2.12. The van der Waals surface area contributed by atoms with Crippen LogP contribution in [0.4, 0.5) is 10.2 Å². The number of amides is 1. The number of halogens is 1. The minimum atomic E-state index is -0.458. The Morgan fingerprint density at radius 1 is 1.35 bits per heavy atom. The van der Waals surface area contributed by atoms with Crippen molar-refractivity contribution in [1.82, 2.24) is 4.98 Å². The maximum absolute atomic E-state index is 13.2. The minimum Gasteiger partial charge on any atom is -0.320 e. The van der Waals surface area contributed by atoms with Gasteiger partial charge in [-0.05, 0) is 30.3 Å². The summed E-state index contributed by atoms with van der Waals surface area (Å²) in [5.74, 6) is 4.85. The molecule has 0 spiro atoms. The zero-order valence-electron chi connectivity index (χ0n) is 10.6. The lowest BCUT2D eigenvalue weighted by Gasteiger charge is -2.06. The molecule has 20 heavy (non-hydrogen) atoms. The van der Waals surface area contributed by atoms with E-state index >= 15 is 0 Å². The zero-order chi connectivity index (χ0) is 14.4. The van der Waals surface area contributed by atoms with E-state index in [4.69, 9.17) is 5.73 Å². The summed E-state index contributed by atoms with van der Waals surface area (Å²) in [6.45, 7) is 0.137. The van der Waals surface area contributed by atoms with Crippen LogP contribution in [0.2, 0.25) is 0 Å². The lowest BCUT2D eigenvalue weighted by molar-refractivity contribution is 0.102. The number of anilines is 1. The Hall–Kier alpha value is -2.71. The third-order valence-electron chi connectivity index (χ3n) is 2.46. The Balaban J connectivity index is 2.30. The SMILES string of the molecule is NCC#Cc1cc(F)ccc1C(=O)Nc1ccccn1. The Bertz CT molecular complexity index is 675. The van der Waals surface area contributed by atoms with Crippen molar-refractivity contribution in [1.29, 1.82) is 0 Å². The van der Waals surface area contributed by atoms with Gasteiger partial charge in [-0.15, -0.1) is 0 Å². The number of carbonyl (C=O) groups is 1. The minimum absolute atomic E-state index is 0.137. The first kappa shape index (κ1) is 13.7. The molecule has 4 nitrogen and oxygen atoms in total. The molecule has 1 aromatic carbocycles. The van der Waals surface area contributed by atoms with Crippen LogP contribution in [0.25, 0.3) is 0 Å². The molecule has 1 amide bonds. The first-order valence-corrected chi connectivity index (χ1v) is 5.91. The number of nitrogens with one attached hydrogen (secondary N) is 1. The maximum Gasteiger partial charge on any atom is 0.258 e. The summed E-state index contributed by atoms with van der Waals surface area (Å²) >= 11 is 0. The van der Waals surface area contributed by atoms with Crippen LogP contribution in [-0.2, 0) is 0 Å². The highest BCUT2D eigenvalue weighted by atomic mass is 19.1. The average Bonchev–Trinajstić information content (AvgIpc) is 2.46. The molecule has 2 rings (SSSR count). The monoisotopic (exact) mass is 269 g/mol. The molecule has 0 aliphatic rings. The molecule has 0 aliphatic heterocycles. The molecule has 0 saturated carbocycles. The normalized spacial score (nSPS) is 9.50. The largest absolute Gasteiger partial charge is 0.320 e. The quantitative estimate of drug-likeness (QED) is 0.817. The lowest BCUT2D eigenvalue weighted by atomic mass is 10.1. The number of hydrogen-bond acceptors (Lipinski definition) is 3. The molecule has 0 saturated heterocycles. The number of benzene rings is 1. The number of pyridine rings is 1. The van der Waals surface area contributed by atoms with E-state index in [1.54, 1.807) is 24.4 Å². The van der Waals surface area contributed by atoms with Crippen LogP contribution in [-0.4, -0.2) is 17.4 Å². The Morgan fingerprint density at radius 2 is 2.20 bits per heavy atom. The fraction of sp³-hybridized carbons (Fsp3) is 0.0667. The Kier molecular flexibility index (Phi) is 4.43. The van der Waals surface area contributed by atoms with Gasteiger partial charge in [0.05, 0.1) is 12.1 Å². The molecule has 1 aromatic heterocycles. The van der Waals surface area contributed by atoms with Crippen molar-refractivity contribution in [2.75, 3.05) is 11.9 Å². The van der Waals surface area contributed by atoms with Crippen molar-refractivity contribution >= 4 is 11.7 Å². The first-order chi connectivity index (χ1) is 9.70. The van der Waals surface area contributed by atoms with Crippen LogP contribution in [0.5, 0.6) is 0 Å². The van der Waals surface area contributed by atoms with E-state index in [1.165, 1.54) is 18.2 Å². The van der Waals surface area contributed by atoms with Crippen LogP contribution in [0.3, 0.4) is 0 Å². The van der Waals surface area contributed by atoms with Crippen molar-refractivity contribution in [3.05, 3.63) is 59.5 Å². The molecule has 5 heteroatoms. The van der Waals surface area contributed by atoms with Gasteiger partial charge < -0.3 is 11.1 Å². The molecule has 3 N–H and O–H groups in total. The molecule has 0 atom stereocenters. The maximum atomic E-state index is 13.2. The number of nitrogens with zero attached hydrogens (tertiary/aromatic N) is 1. The van der Waals surface area contributed by atoms with Crippen molar-refractivity contribution in [2.45, 2.75) is 0 Å². The van der Waals surface area contributed by atoms with Crippen LogP contribution in [0.15, 0.2) is 42.6 Å². The molecule has 100 valence electrons. The number of aromatic nitrogens is 1. The molecular weight excluding hydrogens is 257 g/mol. The van der Waals surface area contributed by atoms with E-state index in [1.807, 2.05) is 0 Å².